The van der Waals surface area contributed by atoms with Crippen LogP contribution in [0.15, 0.2) is 42.6 Å². The maximum absolute atomic E-state index is 16.7. The van der Waals surface area contributed by atoms with Crippen molar-refractivity contribution in [3.8, 4) is 17.3 Å². The van der Waals surface area contributed by atoms with Gasteiger partial charge in [0.2, 0.25) is 0 Å². The molecule has 0 amide bonds. The largest absolute Gasteiger partial charge is 0.490 e. The standard InChI is InChI=1S/C33H35ClFN5O2.2C2HF3O2/c1-41-23-14-33(11-4-12-40(33)18-23)19-42-32-37-30-25(31(38-32)39-16-20-9-10-21(13-20)17-39)15-36-29(28(30)35)24-7-2-5-22-6-3-8-26(34)27(22)24;2*3-2(4,5)1(6)7/h2-3,5-8,15,20-21,23H,4,9-14,16-19H2,1H3;2*(H,6,7)/t20?,21?,23-,33-;;/m1../s1. The van der Waals surface area contributed by atoms with Crippen LogP contribution in [0.25, 0.3) is 32.9 Å². The number of benzene rings is 2. The SMILES string of the molecule is CO[C@H]1CN2CCC[C@]2(COc2nc(N3CC4CCC(C4)C3)c3cnc(-c4cccc5cccc(Cl)c45)c(F)c3n2)C1.O=C(O)C(F)(F)F.O=C(O)C(F)(F)F. The van der Waals surface area contributed by atoms with Gasteiger partial charge in [0.25, 0.3) is 0 Å². The van der Waals surface area contributed by atoms with Crippen LogP contribution in [0.3, 0.4) is 0 Å². The van der Waals surface area contributed by atoms with E-state index in [9.17, 15) is 26.3 Å². The molecule has 2 unspecified atom stereocenters. The molecule has 4 aromatic rings. The summed E-state index contributed by atoms with van der Waals surface area (Å²) < 4.78 is 92.3. The Morgan fingerprint density at radius 3 is 2.20 bits per heavy atom. The van der Waals surface area contributed by atoms with Gasteiger partial charge in [-0.1, -0.05) is 41.9 Å². The third-order valence-electron chi connectivity index (χ3n) is 10.7. The van der Waals surface area contributed by atoms with Crippen LogP contribution in [0.4, 0.5) is 36.6 Å². The Hall–Kier alpha value is -4.55. The molecule has 302 valence electrons. The van der Waals surface area contributed by atoms with E-state index in [-0.39, 0.29) is 28.9 Å². The van der Waals surface area contributed by atoms with Crippen LogP contribution < -0.4 is 9.64 Å². The number of fused-ring (bicyclic) bond motifs is 5. The Kier molecular flexibility index (Phi) is 11.8. The number of pyridine rings is 1. The van der Waals surface area contributed by atoms with E-state index in [0.717, 1.165) is 62.0 Å². The summed E-state index contributed by atoms with van der Waals surface area (Å²) in [5, 5.41) is 17.1. The number of rotatable bonds is 6. The third-order valence-corrected chi connectivity index (χ3v) is 11.0. The number of piperidine rings is 1. The quantitative estimate of drug-likeness (QED) is 0.185. The van der Waals surface area contributed by atoms with Crippen LogP contribution in [-0.4, -0.2) is 106 Å². The Morgan fingerprint density at radius 2 is 1.59 bits per heavy atom. The Balaban J connectivity index is 0.000000326. The topological polar surface area (TPSA) is 138 Å². The number of aliphatic carboxylic acids is 2. The van der Waals surface area contributed by atoms with Crippen molar-refractivity contribution >= 4 is 51.0 Å². The highest BCUT2D eigenvalue weighted by atomic mass is 35.5. The molecule has 11 nitrogen and oxygen atoms in total. The van der Waals surface area contributed by atoms with Crippen molar-refractivity contribution in [1.29, 1.82) is 0 Å². The number of hydrogen-bond donors (Lipinski definition) is 2. The number of aromatic nitrogens is 3. The molecule has 1 saturated carbocycles. The number of carboxylic acid groups (broad SMARTS) is 2. The molecule has 2 aromatic heterocycles. The molecule has 3 aliphatic heterocycles. The fourth-order valence-corrected chi connectivity index (χ4v) is 8.50. The molecule has 56 heavy (non-hydrogen) atoms. The summed E-state index contributed by atoms with van der Waals surface area (Å²) in [6.45, 7) is 4.25. The molecular weight excluding hydrogens is 779 g/mol. The predicted octanol–water partition coefficient (Wildman–Crippen LogP) is 7.77. The lowest BCUT2D eigenvalue weighted by molar-refractivity contribution is -0.193. The Morgan fingerprint density at radius 1 is 0.964 bits per heavy atom. The predicted molar refractivity (Wildman–Crippen MR) is 190 cm³/mol. The zero-order chi connectivity index (χ0) is 40.6. The number of nitrogens with zero attached hydrogens (tertiary/aromatic N) is 5. The maximum Gasteiger partial charge on any atom is 0.490 e. The highest BCUT2D eigenvalue weighted by Gasteiger charge is 2.49. The number of alkyl halides is 6. The lowest BCUT2D eigenvalue weighted by Crippen LogP contribution is -2.43. The summed E-state index contributed by atoms with van der Waals surface area (Å²) in [5.74, 6) is -3.98. The van der Waals surface area contributed by atoms with Gasteiger partial charge in [0.05, 0.1) is 17.0 Å². The van der Waals surface area contributed by atoms with Crippen molar-refractivity contribution in [1.82, 2.24) is 19.9 Å². The van der Waals surface area contributed by atoms with E-state index in [4.69, 9.17) is 50.8 Å². The number of methoxy groups -OCH3 is 1. The fourth-order valence-electron chi connectivity index (χ4n) is 8.21. The molecule has 8 rings (SSSR count). The normalized spacial score (nSPS) is 23.3. The van der Waals surface area contributed by atoms with Gasteiger partial charge in [-0.25, -0.2) is 14.0 Å². The maximum atomic E-state index is 16.7. The van der Waals surface area contributed by atoms with Gasteiger partial charge < -0.3 is 24.6 Å². The zero-order valence-electron chi connectivity index (χ0n) is 29.8. The van der Waals surface area contributed by atoms with Gasteiger partial charge >= 0.3 is 30.3 Å². The van der Waals surface area contributed by atoms with E-state index >= 15 is 4.39 Å². The van der Waals surface area contributed by atoms with Crippen molar-refractivity contribution in [3.63, 3.8) is 0 Å². The molecule has 2 bridgehead atoms. The van der Waals surface area contributed by atoms with Gasteiger partial charge in [-0.2, -0.15) is 36.3 Å². The summed E-state index contributed by atoms with van der Waals surface area (Å²) >= 11 is 6.62. The number of anilines is 1. The first-order valence-corrected chi connectivity index (χ1v) is 18.1. The first-order chi connectivity index (χ1) is 26.4. The third kappa shape index (κ3) is 8.71. The van der Waals surface area contributed by atoms with E-state index in [0.29, 0.717) is 34.4 Å². The zero-order valence-corrected chi connectivity index (χ0v) is 30.6. The average Bonchev–Trinajstić information content (AvgIpc) is 3.81. The molecule has 5 heterocycles. The number of hydrogen-bond acceptors (Lipinski definition) is 9. The molecule has 2 N–H and O–H groups in total. The summed E-state index contributed by atoms with van der Waals surface area (Å²) in [6, 6.07) is 11.7. The second kappa shape index (κ2) is 16.1. The molecule has 4 fully saturated rings. The number of ether oxygens (including phenoxy) is 2. The second-order valence-electron chi connectivity index (χ2n) is 14.3. The number of halogens is 8. The van der Waals surface area contributed by atoms with Crippen molar-refractivity contribution in [2.75, 3.05) is 44.8 Å². The van der Waals surface area contributed by atoms with Crippen molar-refractivity contribution < 1.29 is 60.0 Å². The van der Waals surface area contributed by atoms with Gasteiger partial charge in [0, 0.05) is 48.9 Å². The van der Waals surface area contributed by atoms with Gasteiger partial charge in [0.15, 0.2) is 5.82 Å². The van der Waals surface area contributed by atoms with Crippen molar-refractivity contribution in [3.05, 3.63) is 53.4 Å². The molecule has 3 saturated heterocycles. The summed E-state index contributed by atoms with van der Waals surface area (Å²) in [5.41, 5.74) is 1.03. The summed E-state index contributed by atoms with van der Waals surface area (Å²) in [4.78, 5) is 36.9. The molecular formula is C37H37ClF7N5O6. The second-order valence-corrected chi connectivity index (χ2v) is 14.7. The summed E-state index contributed by atoms with van der Waals surface area (Å²) in [7, 11) is 1.78. The Bertz CT molecular complexity index is 2070. The average molecular weight is 816 g/mol. The molecule has 0 spiro atoms. The van der Waals surface area contributed by atoms with E-state index in [1.807, 2.05) is 36.4 Å². The molecule has 0 radical (unpaired) electrons. The van der Waals surface area contributed by atoms with Crippen LogP contribution in [0.2, 0.25) is 5.02 Å². The fraction of sp³-hybridized carbons (Fsp3) is 0.486. The monoisotopic (exact) mass is 815 g/mol. The lowest BCUT2D eigenvalue weighted by Gasteiger charge is -2.34. The van der Waals surface area contributed by atoms with Crippen molar-refractivity contribution in [2.24, 2.45) is 11.8 Å². The van der Waals surface area contributed by atoms with Crippen LogP contribution in [0.5, 0.6) is 6.01 Å². The van der Waals surface area contributed by atoms with E-state index in [1.165, 1.54) is 19.3 Å². The minimum absolute atomic E-state index is 0.0922. The first kappa shape index (κ1) is 41.1. The lowest BCUT2D eigenvalue weighted by atomic mass is 9.94. The first-order valence-electron chi connectivity index (χ1n) is 17.7. The Labute approximate surface area is 320 Å². The number of carboxylic acids is 2. The highest BCUT2D eigenvalue weighted by Crippen LogP contribution is 2.43. The van der Waals surface area contributed by atoms with Crippen LogP contribution >= 0.6 is 11.6 Å². The summed E-state index contributed by atoms with van der Waals surface area (Å²) in [6.07, 6.45) is -1.38. The van der Waals surface area contributed by atoms with Crippen LogP contribution in [0.1, 0.15) is 38.5 Å². The smallest absolute Gasteiger partial charge is 0.475 e. The van der Waals surface area contributed by atoms with Crippen LogP contribution in [0, 0.1) is 17.7 Å². The van der Waals surface area contributed by atoms with Gasteiger partial charge in [-0.05, 0) is 68.4 Å². The van der Waals surface area contributed by atoms with E-state index < -0.39 is 30.1 Å². The highest BCUT2D eigenvalue weighted by molar-refractivity contribution is 6.36. The minimum Gasteiger partial charge on any atom is -0.475 e. The molecule has 2 aromatic carbocycles. The van der Waals surface area contributed by atoms with Crippen LogP contribution in [-0.2, 0) is 14.3 Å². The molecule has 4 atom stereocenters. The molecule has 19 heteroatoms. The van der Waals surface area contributed by atoms with E-state index in [1.54, 1.807) is 13.3 Å². The van der Waals surface area contributed by atoms with Crippen molar-refractivity contribution in [2.45, 2.75) is 62.5 Å². The molecule has 1 aliphatic carbocycles. The minimum atomic E-state index is -5.08. The van der Waals surface area contributed by atoms with E-state index in [2.05, 4.69) is 14.8 Å². The number of carbonyl (C=O) groups is 2. The van der Waals surface area contributed by atoms with Gasteiger partial charge in [-0.3, -0.25) is 9.88 Å². The van der Waals surface area contributed by atoms with Gasteiger partial charge in [0.1, 0.15) is 23.6 Å². The van der Waals surface area contributed by atoms with Gasteiger partial charge in [-0.15, -0.1) is 0 Å². The molecule has 4 aliphatic rings.